The molecule has 1 heterocycles. The van der Waals surface area contributed by atoms with E-state index in [4.69, 9.17) is 34.8 Å². The highest BCUT2D eigenvalue weighted by molar-refractivity contribution is 6.36. The first-order valence-corrected chi connectivity index (χ1v) is 8.41. The fourth-order valence-corrected chi connectivity index (χ4v) is 3.35. The third-order valence-electron chi connectivity index (χ3n) is 3.83. The van der Waals surface area contributed by atoms with E-state index in [2.05, 4.69) is 4.98 Å². The monoisotopic (exact) mass is 378 g/mol. The van der Waals surface area contributed by atoms with E-state index in [-0.39, 0.29) is 16.3 Å². The molecule has 6 heteroatoms. The molecule has 0 radical (unpaired) electrons. The van der Waals surface area contributed by atoms with Crippen molar-refractivity contribution in [1.29, 1.82) is 0 Å². The smallest absolute Gasteiger partial charge is 0.289 e. The molecule has 0 spiro atoms. The molecule has 2 aromatic carbocycles. The van der Waals surface area contributed by atoms with E-state index < -0.39 is 5.56 Å². The van der Waals surface area contributed by atoms with Gasteiger partial charge in [-0.1, -0.05) is 83.3 Å². The van der Waals surface area contributed by atoms with Crippen LogP contribution in [-0.2, 0) is 0 Å². The van der Waals surface area contributed by atoms with Gasteiger partial charge >= 0.3 is 0 Å². The number of hydrogen-bond acceptors (Lipinski definition) is 2. The molecule has 24 heavy (non-hydrogen) atoms. The summed E-state index contributed by atoms with van der Waals surface area (Å²) >= 11 is 18.6. The number of rotatable bonds is 3. The standard InChI is InChI=1S/C18H13Cl3N2O/c1-11(12-7-3-2-4-8-12)23-15(13-9-5-6-10-14(13)19)16(20)22-17(21)18(23)24/h2-11H,1H3/t11-/m1/s1. The van der Waals surface area contributed by atoms with Crippen LogP contribution in [0.2, 0.25) is 15.3 Å². The van der Waals surface area contributed by atoms with Crippen molar-refractivity contribution in [3.05, 3.63) is 85.8 Å². The van der Waals surface area contributed by atoms with Gasteiger partial charge in [0.05, 0.1) is 11.7 Å². The number of nitrogens with zero attached hydrogens (tertiary/aromatic N) is 2. The highest BCUT2D eigenvalue weighted by atomic mass is 35.5. The van der Waals surface area contributed by atoms with E-state index in [0.717, 1.165) is 5.56 Å². The molecule has 3 aromatic rings. The highest BCUT2D eigenvalue weighted by Crippen LogP contribution is 2.34. The predicted molar refractivity (Wildman–Crippen MR) is 99.2 cm³/mol. The summed E-state index contributed by atoms with van der Waals surface area (Å²) < 4.78 is 1.54. The third-order valence-corrected chi connectivity index (χ3v) is 4.67. The van der Waals surface area contributed by atoms with Gasteiger partial charge in [-0.2, -0.15) is 0 Å². The molecule has 3 nitrogen and oxygen atoms in total. The van der Waals surface area contributed by atoms with Crippen LogP contribution in [0.1, 0.15) is 18.5 Å². The van der Waals surface area contributed by atoms with Crippen LogP contribution in [0.3, 0.4) is 0 Å². The highest BCUT2D eigenvalue weighted by Gasteiger charge is 2.22. The molecule has 3 rings (SSSR count). The SMILES string of the molecule is C[C@H](c1ccccc1)n1c(-c2ccccc2Cl)c(Cl)nc(Cl)c1=O. The van der Waals surface area contributed by atoms with Gasteiger partial charge in [-0.25, -0.2) is 4.98 Å². The molecule has 0 fully saturated rings. The molecule has 0 N–H and O–H groups in total. The van der Waals surface area contributed by atoms with Gasteiger partial charge in [-0.05, 0) is 18.6 Å². The van der Waals surface area contributed by atoms with Crippen molar-refractivity contribution in [2.24, 2.45) is 0 Å². The Labute approximate surface area is 154 Å². The second-order valence-electron chi connectivity index (χ2n) is 5.28. The molecule has 0 bridgehead atoms. The van der Waals surface area contributed by atoms with Crippen LogP contribution in [0.25, 0.3) is 11.3 Å². The van der Waals surface area contributed by atoms with Crippen LogP contribution < -0.4 is 5.56 Å². The Hall–Kier alpha value is -1.81. The summed E-state index contributed by atoms with van der Waals surface area (Å²) in [5.74, 6) is 0. The van der Waals surface area contributed by atoms with Crippen molar-refractivity contribution in [1.82, 2.24) is 9.55 Å². The first-order valence-electron chi connectivity index (χ1n) is 7.28. The fourth-order valence-electron chi connectivity index (χ4n) is 2.63. The Morgan fingerprint density at radius 2 is 1.54 bits per heavy atom. The van der Waals surface area contributed by atoms with E-state index in [1.165, 1.54) is 4.57 Å². The lowest BCUT2D eigenvalue weighted by Gasteiger charge is -2.21. The fraction of sp³-hybridized carbons (Fsp3) is 0.111. The second kappa shape index (κ2) is 6.98. The normalized spacial score (nSPS) is 12.2. The zero-order chi connectivity index (χ0) is 17.3. The van der Waals surface area contributed by atoms with Gasteiger partial charge in [0.1, 0.15) is 0 Å². The van der Waals surface area contributed by atoms with Crippen molar-refractivity contribution in [2.75, 3.05) is 0 Å². The van der Waals surface area contributed by atoms with Crippen molar-refractivity contribution in [3.63, 3.8) is 0 Å². The molecule has 1 aromatic heterocycles. The lowest BCUT2D eigenvalue weighted by Crippen LogP contribution is -2.27. The van der Waals surface area contributed by atoms with Crippen LogP contribution >= 0.6 is 34.8 Å². The average Bonchev–Trinajstić information content (AvgIpc) is 2.59. The summed E-state index contributed by atoms with van der Waals surface area (Å²) in [5, 5.41) is 0.450. The van der Waals surface area contributed by atoms with Gasteiger partial charge in [0.25, 0.3) is 5.56 Å². The van der Waals surface area contributed by atoms with Crippen LogP contribution in [0.15, 0.2) is 59.4 Å². The maximum absolute atomic E-state index is 12.7. The van der Waals surface area contributed by atoms with E-state index >= 15 is 0 Å². The lowest BCUT2D eigenvalue weighted by molar-refractivity contribution is 0.617. The molecule has 0 aliphatic carbocycles. The van der Waals surface area contributed by atoms with Gasteiger partial charge in [-0.15, -0.1) is 0 Å². The van der Waals surface area contributed by atoms with Gasteiger partial charge in [0.2, 0.25) is 0 Å². The minimum absolute atomic E-state index is 0.135. The largest absolute Gasteiger partial charge is 0.295 e. The molecule has 0 amide bonds. The summed E-state index contributed by atoms with van der Waals surface area (Å²) in [6.07, 6.45) is 0. The van der Waals surface area contributed by atoms with E-state index in [0.29, 0.717) is 16.3 Å². The van der Waals surface area contributed by atoms with Crippen molar-refractivity contribution in [3.8, 4) is 11.3 Å². The molecular formula is C18H13Cl3N2O. The van der Waals surface area contributed by atoms with Crippen LogP contribution in [0.5, 0.6) is 0 Å². The summed E-state index contributed by atoms with van der Waals surface area (Å²) in [6.45, 7) is 1.91. The molecule has 122 valence electrons. The minimum Gasteiger partial charge on any atom is -0.295 e. The van der Waals surface area contributed by atoms with Gasteiger partial charge in [-0.3, -0.25) is 9.36 Å². The summed E-state index contributed by atoms with van der Waals surface area (Å²) in [5.41, 5.74) is 1.62. The Kier molecular flexibility index (Phi) is 4.95. The Morgan fingerprint density at radius 1 is 0.917 bits per heavy atom. The quantitative estimate of drug-likeness (QED) is 0.604. The second-order valence-corrected chi connectivity index (χ2v) is 6.41. The summed E-state index contributed by atoms with van der Waals surface area (Å²) in [6, 6.07) is 16.5. The minimum atomic E-state index is -0.410. The van der Waals surface area contributed by atoms with Crippen molar-refractivity contribution < 1.29 is 0 Å². The molecule has 0 aliphatic heterocycles. The van der Waals surface area contributed by atoms with Gasteiger partial charge in [0.15, 0.2) is 10.3 Å². The third kappa shape index (κ3) is 3.07. The zero-order valence-corrected chi connectivity index (χ0v) is 15.0. The van der Waals surface area contributed by atoms with Crippen molar-refractivity contribution in [2.45, 2.75) is 13.0 Å². The maximum atomic E-state index is 12.7. The number of benzene rings is 2. The predicted octanol–water partition coefficient (Wildman–Crippen LogP) is 5.48. The topological polar surface area (TPSA) is 34.9 Å². The molecule has 0 unspecified atom stereocenters. The van der Waals surface area contributed by atoms with Gasteiger partial charge in [0, 0.05) is 10.6 Å². The summed E-state index contributed by atoms with van der Waals surface area (Å²) in [7, 11) is 0. The molecule has 0 saturated heterocycles. The van der Waals surface area contributed by atoms with Crippen LogP contribution in [-0.4, -0.2) is 9.55 Å². The zero-order valence-electron chi connectivity index (χ0n) is 12.7. The van der Waals surface area contributed by atoms with Crippen LogP contribution in [0, 0.1) is 0 Å². The Bertz CT molecular complexity index is 939. The van der Waals surface area contributed by atoms with Gasteiger partial charge < -0.3 is 0 Å². The van der Waals surface area contributed by atoms with Crippen LogP contribution in [0.4, 0.5) is 0 Å². The first kappa shape index (κ1) is 17.0. The molecule has 0 aliphatic rings. The molecule has 1 atom stereocenters. The Balaban J connectivity index is 2.33. The summed E-state index contributed by atoms with van der Waals surface area (Å²) in [4.78, 5) is 16.7. The van der Waals surface area contributed by atoms with E-state index in [9.17, 15) is 4.79 Å². The van der Waals surface area contributed by atoms with Crippen molar-refractivity contribution >= 4 is 34.8 Å². The van der Waals surface area contributed by atoms with E-state index in [1.807, 2.05) is 49.4 Å². The average molecular weight is 380 g/mol. The Morgan fingerprint density at radius 3 is 2.21 bits per heavy atom. The molecule has 0 saturated carbocycles. The maximum Gasteiger partial charge on any atom is 0.289 e. The number of aromatic nitrogens is 2. The number of hydrogen-bond donors (Lipinski definition) is 0. The molecular weight excluding hydrogens is 367 g/mol. The lowest BCUT2D eigenvalue weighted by atomic mass is 10.1. The first-order chi connectivity index (χ1) is 11.5. The number of halogens is 3. The van der Waals surface area contributed by atoms with E-state index in [1.54, 1.807) is 12.1 Å².